The highest BCUT2D eigenvalue weighted by Gasteiger charge is 2.04. The van der Waals surface area contributed by atoms with Crippen molar-refractivity contribution in [1.29, 1.82) is 0 Å². The van der Waals surface area contributed by atoms with Gasteiger partial charge in [-0.05, 0) is 18.2 Å². The van der Waals surface area contributed by atoms with Crippen molar-refractivity contribution in [3.63, 3.8) is 0 Å². The lowest BCUT2D eigenvalue weighted by Gasteiger charge is -2.12. The maximum absolute atomic E-state index is 8.75. The van der Waals surface area contributed by atoms with Crippen LogP contribution in [0, 0.1) is 0 Å². The van der Waals surface area contributed by atoms with Crippen molar-refractivity contribution in [2.45, 2.75) is 6.54 Å². The molecule has 0 unspecified atom stereocenters. The number of benzene rings is 1. The summed E-state index contributed by atoms with van der Waals surface area (Å²) in [5, 5.41) is 12.0. The van der Waals surface area contributed by atoms with Gasteiger partial charge in [-0.3, -0.25) is 0 Å². The van der Waals surface area contributed by atoms with Gasteiger partial charge in [0.25, 0.3) is 0 Å². The fraction of sp³-hybridized carbons (Fsp3) is 0.500. The molecular weight excluding hydrogens is 286 g/mol. The van der Waals surface area contributed by atoms with Gasteiger partial charge in [-0.2, -0.15) is 0 Å². The van der Waals surface area contributed by atoms with Crippen LogP contribution in [0.3, 0.4) is 0 Å². The minimum absolute atomic E-state index is 0.0204. The van der Waals surface area contributed by atoms with Crippen molar-refractivity contribution in [2.75, 3.05) is 33.5 Å². The molecule has 1 aromatic carbocycles. The van der Waals surface area contributed by atoms with Crippen LogP contribution in [-0.4, -0.2) is 38.6 Å². The van der Waals surface area contributed by atoms with Crippen molar-refractivity contribution in [3.05, 3.63) is 28.2 Å². The first-order valence-electron chi connectivity index (χ1n) is 5.49. The zero-order chi connectivity index (χ0) is 12.5. The average Bonchev–Trinajstić information content (AvgIpc) is 2.33. The molecule has 0 amide bonds. The van der Waals surface area contributed by atoms with E-state index in [2.05, 4.69) is 21.2 Å². The number of rotatable bonds is 8. The summed E-state index contributed by atoms with van der Waals surface area (Å²) in [4.78, 5) is 0. The van der Waals surface area contributed by atoms with E-state index < -0.39 is 0 Å². The van der Waals surface area contributed by atoms with E-state index in [0.29, 0.717) is 19.8 Å². The first kappa shape index (κ1) is 14.4. The molecule has 0 saturated carbocycles. The predicted molar refractivity (Wildman–Crippen MR) is 70.3 cm³/mol. The molecule has 0 bridgehead atoms. The van der Waals surface area contributed by atoms with Crippen LogP contribution in [0.2, 0.25) is 0 Å². The van der Waals surface area contributed by atoms with Gasteiger partial charge in [-0.1, -0.05) is 15.9 Å². The average molecular weight is 304 g/mol. The Balaban J connectivity index is 2.56. The molecular formula is C12H18BrNO3. The number of halogens is 1. The number of ether oxygens (including phenoxy) is 2. The van der Waals surface area contributed by atoms with E-state index >= 15 is 0 Å². The molecule has 0 fully saturated rings. The molecule has 0 spiro atoms. The highest BCUT2D eigenvalue weighted by molar-refractivity contribution is 9.10. The summed E-state index contributed by atoms with van der Waals surface area (Å²) < 4.78 is 11.4. The van der Waals surface area contributed by atoms with Crippen LogP contribution >= 0.6 is 15.9 Å². The molecule has 0 aliphatic carbocycles. The Bertz CT molecular complexity index is 334. The van der Waals surface area contributed by atoms with Gasteiger partial charge in [0.1, 0.15) is 12.4 Å². The molecule has 5 heteroatoms. The van der Waals surface area contributed by atoms with Crippen LogP contribution in [0.5, 0.6) is 5.75 Å². The van der Waals surface area contributed by atoms with Gasteiger partial charge in [-0.15, -0.1) is 0 Å². The summed E-state index contributed by atoms with van der Waals surface area (Å²) in [5.41, 5.74) is 1.06. The van der Waals surface area contributed by atoms with Crippen molar-refractivity contribution < 1.29 is 14.6 Å². The summed E-state index contributed by atoms with van der Waals surface area (Å²) in [6, 6.07) is 5.82. The van der Waals surface area contributed by atoms with Gasteiger partial charge in [0.05, 0.1) is 13.2 Å². The molecule has 0 aromatic heterocycles. The smallest absolute Gasteiger partial charge is 0.123 e. The van der Waals surface area contributed by atoms with Gasteiger partial charge in [-0.25, -0.2) is 0 Å². The van der Waals surface area contributed by atoms with Crippen LogP contribution in [0.1, 0.15) is 5.56 Å². The lowest BCUT2D eigenvalue weighted by molar-refractivity contribution is 0.196. The first-order valence-corrected chi connectivity index (χ1v) is 6.29. The Morgan fingerprint density at radius 3 is 2.88 bits per heavy atom. The lowest BCUT2D eigenvalue weighted by atomic mass is 10.2. The third-order valence-electron chi connectivity index (χ3n) is 2.17. The minimum atomic E-state index is 0.0204. The molecule has 0 saturated heterocycles. The topological polar surface area (TPSA) is 50.7 Å². The third kappa shape index (κ3) is 5.50. The molecule has 0 atom stereocenters. The second-order valence-corrected chi connectivity index (χ2v) is 4.41. The van der Waals surface area contributed by atoms with E-state index in [4.69, 9.17) is 14.6 Å². The molecule has 1 rings (SSSR count). The normalized spacial score (nSPS) is 10.5. The van der Waals surface area contributed by atoms with Crippen molar-refractivity contribution >= 4 is 15.9 Å². The number of aliphatic hydroxyl groups excluding tert-OH is 1. The number of nitrogens with one attached hydrogen (secondary N) is 1. The Labute approximate surface area is 110 Å². The van der Waals surface area contributed by atoms with E-state index in [0.717, 1.165) is 22.3 Å². The SMILES string of the molecule is COCCNCc1cc(Br)ccc1OCCO. The standard InChI is InChI=1S/C12H18BrNO3/c1-16-6-4-14-9-10-8-11(13)2-3-12(10)17-7-5-15/h2-3,8,14-15H,4-7,9H2,1H3. The van der Waals surface area contributed by atoms with E-state index in [-0.39, 0.29) is 6.61 Å². The van der Waals surface area contributed by atoms with E-state index in [1.54, 1.807) is 7.11 Å². The van der Waals surface area contributed by atoms with Crippen LogP contribution in [0.15, 0.2) is 22.7 Å². The van der Waals surface area contributed by atoms with Crippen molar-refractivity contribution in [1.82, 2.24) is 5.32 Å². The second kappa shape index (κ2) is 8.47. The monoisotopic (exact) mass is 303 g/mol. The van der Waals surface area contributed by atoms with Gasteiger partial charge in [0.2, 0.25) is 0 Å². The maximum Gasteiger partial charge on any atom is 0.123 e. The van der Waals surface area contributed by atoms with Crippen LogP contribution in [-0.2, 0) is 11.3 Å². The second-order valence-electron chi connectivity index (χ2n) is 3.49. The molecule has 0 aliphatic rings. The highest BCUT2D eigenvalue weighted by Crippen LogP contribution is 2.23. The highest BCUT2D eigenvalue weighted by atomic mass is 79.9. The molecule has 17 heavy (non-hydrogen) atoms. The Kier molecular flexibility index (Phi) is 7.19. The van der Waals surface area contributed by atoms with E-state index in [1.165, 1.54) is 0 Å². The van der Waals surface area contributed by atoms with Gasteiger partial charge in [0.15, 0.2) is 0 Å². The summed E-state index contributed by atoms with van der Waals surface area (Å²) in [5.74, 6) is 0.798. The fourth-order valence-corrected chi connectivity index (χ4v) is 1.79. The molecule has 96 valence electrons. The summed E-state index contributed by atoms with van der Waals surface area (Å²) >= 11 is 3.43. The van der Waals surface area contributed by atoms with Crippen LogP contribution in [0.4, 0.5) is 0 Å². The molecule has 0 radical (unpaired) electrons. The summed E-state index contributed by atoms with van der Waals surface area (Å²) in [6.45, 7) is 2.52. The molecule has 1 aromatic rings. The molecule has 2 N–H and O–H groups in total. The zero-order valence-electron chi connectivity index (χ0n) is 9.91. The van der Waals surface area contributed by atoms with E-state index in [9.17, 15) is 0 Å². The van der Waals surface area contributed by atoms with Crippen LogP contribution in [0.25, 0.3) is 0 Å². The summed E-state index contributed by atoms with van der Waals surface area (Å²) in [6.07, 6.45) is 0. The first-order chi connectivity index (χ1) is 8.27. The van der Waals surface area contributed by atoms with Crippen molar-refractivity contribution in [2.24, 2.45) is 0 Å². The maximum atomic E-state index is 8.75. The quantitative estimate of drug-likeness (QED) is 0.716. The Morgan fingerprint density at radius 2 is 2.18 bits per heavy atom. The number of aliphatic hydroxyl groups is 1. The molecule has 0 heterocycles. The minimum Gasteiger partial charge on any atom is -0.491 e. The summed E-state index contributed by atoms with van der Waals surface area (Å²) in [7, 11) is 1.68. The van der Waals surface area contributed by atoms with Crippen molar-refractivity contribution in [3.8, 4) is 5.75 Å². The van der Waals surface area contributed by atoms with Gasteiger partial charge >= 0.3 is 0 Å². The Hall–Kier alpha value is -0.620. The van der Waals surface area contributed by atoms with Crippen LogP contribution < -0.4 is 10.1 Å². The number of hydrogen-bond acceptors (Lipinski definition) is 4. The zero-order valence-corrected chi connectivity index (χ0v) is 11.5. The molecule has 4 nitrogen and oxygen atoms in total. The fourth-order valence-electron chi connectivity index (χ4n) is 1.38. The predicted octanol–water partition coefficient (Wildman–Crippen LogP) is 1.56. The van der Waals surface area contributed by atoms with E-state index in [1.807, 2.05) is 18.2 Å². The lowest BCUT2D eigenvalue weighted by Crippen LogP contribution is -2.19. The Morgan fingerprint density at radius 1 is 1.35 bits per heavy atom. The largest absolute Gasteiger partial charge is 0.491 e. The number of hydrogen-bond donors (Lipinski definition) is 2. The molecule has 0 aliphatic heterocycles. The third-order valence-corrected chi connectivity index (χ3v) is 2.66. The van der Waals surface area contributed by atoms with Gasteiger partial charge < -0.3 is 19.9 Å². The number of methoxy groups -OCH3 is 1. The van der Waals surface area contributed by atoms with Gasteiger partial charge in [0, 0.05) is 30.2 Å².